The molecule has 0 saturated carbocycles. The molecule has 0 spiro atoms. The zero-order chi connectivity index (χ0) is 18.7. The van der Waals surface area contributed by atoms with Gasteiger partial charge in [-0.05, 0) is 48.6 Å². The van der Waals surface area contributed by atoms with Gasteiger partial charge in [-0.3, -0.25) is 4.79 Å². The molecule has 2 aromatic carbocycles. The molecule has 3 aromatic rings. The molecule has 26 heavy (non-hydrogen) atoms. The molecule has 0 atom stereocenters. The van der Waals surface area contributed by atoms with Gasteiger partial charge < -0.3 is 9.15 Å². The number of carbonyl (C=O) groups is 1. The second-order valence-corrected chi connectivity index (χ2v) is 6.53. The standard InChI is InChI=1S/C22H22O4/c1-4-16-7-8-19-18(12-22(24)26-20(19)10-16)13-25-21(23)11-17-6-5-14(2)15(3)9-17/h5-10,12H,4,11,13H2,1-3H3. The van der Waals surface area contributed by atoms with Crippen LogP contribution in [0.3, 0.4) is 0 Å². The Morgan fingerprint density at radius 3 is 2.50 bits per heavy atom. The van der Waals surface area contributed by atoms with Crippen molar-refractivity contribution >= 4 is 16.9 Å². The average molecular weight is 350 g/mol. The maximum Gasteiger partial charge on any atom is 0.336 e. The number of ether oxygens (including phenoxy) is 1. The van der Waals surface area contributed by atoms with Gasteiger partial charge in [0.2, 0.25) is 0 Å². The summed E-state index contributed by atoms with van der Waals surface area (Å²) in [6, 6.07) is 13.1. The SMILES string of the molecule is CCc1ccc2c(COC(=O)Cc3ccc(C)c(C)c3)cc(=O)oc2c1. The third-order valence-electron chi connectivity index (χ3n) is 4.61. The minimum atomic E-state index is -0.439. The average Bonchev–Trinajstić information content (AvgIpc) is 2.62. The second kappa shape index (κ2) is 7.56. The molecular weight excluding hydrogens is 328 g/mol. The van der Waals surface area contributed by atoms with E-state index in [-0.39, 0.29) is 19.0 Å². The van der Waals surface area contributed by atoms with E-state index in [2.05, 4.69) is 0 Å². The Balaban J connectivity index is 1.75. The van der Waals surface area contributed by atoms with Crippen LogP contribution in [0.4, 0.5) is 0 Å². The highest BCUT2D eigenvalue weighted by Gasteiger charge is 2.10. The Morgan fingerprint density at radius 2 is 1.77 bits per heavy atom. The van der Waals surface area contributed by atoms with Gasteiger partial charge in [0.05, 0.1) is 6.42 Å². The summed E-state index contributed by atoms with van der Waals surface area (Å²) < 4.78 is 10.7. The molecule has 1 heterocycles. The molecule has 0 N–H and O–H groups in total. The molecule has 0 bridgehead atoms. The highest BCUT2D eigenvalue weighted by Crippen LogP contribution is 2.20. The molecule has 134 valence electrons. The maximum atomic E-state index is 12.2. The van der Waals surface area contributed by atoms with Crippen LogP contribution in [-0.4, -0.2) is 5.97 Å². The molecule has 0 amide bonds. The van der Waals surface area contributed by atoms with Gasteiger partial charge in [-0.1, -0.05) is 37.3 Å². The van der Waals surface area contributed by atoms with Crippen LogP contribution in [0.15, 0.2) is 51.7 Å². The second-order valence-electron chi connectivity index (χ2n) is 6.53. The van der Waals surface area contributed by atoms with Gasteiger partial charge in [-0.2, -0.15) is 0 Å². The lowest BCUT2D eigenvalue weighted by Crippen LogP contribution is -2.10. The molecule has 0 aliphatic carbocycles. The minimum Gasteiger partial charge on any atom is -0.461 e. The van der Waals surface area contributed by atoms with Crippen LogP contribution in [0.1, 0.15) is 34.7 Å². The molecule has 0 saturated heterocycles. The van der Waals surface area contributed by atoms with Crippen molar-refractivity contribution in [2.75, 3.05) is 0 Å². The topological polar surface area (TPSA) is 56.5 Å². The van der Waals surface area contributed by atoms with E-state index in [9.17, 15) is 9.59 Å². The quantitative estimate of drug-likeness (QED) is 0.510. The van der Waals surface area contributed by atoms with Gasteiger partial charge >= 0.3 is 11.6 Å². The van der Waals surface area contributed by atoms with Crippen LogP contribution in [0.25, 0.3) is 11.0 Å². The van der Waals surface area contributed by atoms with Crippen LogP contribution < -0.4 is 5.63 Å². The smallest absolute Gasteiger partial charge is 0.336 e. The highest BCUT2D eigenvalue weighted by molar-refractivity contribution is 5.81. The van der Waals surface area contributed by atoms with Crippen LogP contribution >= 0.6 is 0 Å². The fourth-order valence-corrected chi connectivity index (χ4v) is 2.90. The van der Waals surface area contributed by atoms with Gasteiger partial charge in [0, 0.05) is 17.0 Å². The normalized spacial score (nSPS) is 10.9. The summed E-state index contributed by atoms with van der Waals surface area (Å²) in [6.45, 7) is 6.15. The summed E-state index contributed by atoms with van der Waals surface area (Å²) >= 11 is 0. The molecule has 4 heteroatoms. The lowest BCUT2D eigenvalue weighted by Gasteiger charge is -2.09. The first kappa shape index (κ1) is 17.9. The molecule has 0 aliphatic rings. The van der Waals surface area contributed by atoms with E-state index < -0.39 is 5.63 Å². The fraction of sp³-hybridized carbons (Fsp3) is 0.273. The van der Waals surface area contributed by atoms with Gasteiger partial charge in [-0.25, -0.2) is 4.79 Å². The van der Waals surface area contributed by atoms with Gasteiger partial charge in [0.1, 0.15) is 12.2 Å². The minimum absolute atomic E-state index is 0.0528. The molecular formula is C22H22O4. The van der Waals surface area contributed by atoms with Crippen molar-refractivity contribution in [3.8, 4) is 0 Å². The Bertz CT molecular complexity index is 1010. The predicted molar refractivity (Wildman–Crippen MR) is 101 cm³/mol. The Hall–Kier alpha value is -2.88. The fourth-order valence-electron chi connectivity index (χ4n) is 2.90. The highest BCUT2D eigenvalue weighted by atomic mass is 16.5. The van der Waals surface area contributed by atoms with E-state index in [1.54, 1.807) is 0 Å². The summed E-state index contributed by atoms with van der Waals surface area (Å²) in [5, 5.41) is 0.792. The number of carbonyl (C=O) groups excluding carboxylic acids is 1. The number of esters is 1. The van der Waals surface area contributed by atoms with Crippen LogP contribution in [0, 0.1) is 13.8 Å². The number of aryl methyl sites for hydroxylation is 3. The molecule has 0 fully saturated rings. The Labute approximate surface area is 152 Å². The zero-order valence-corrected chi connectivity index (χ0v) is 15.3. The van der Waals surface area contributed by atoms with Crippen molar-refractivity contribution in [3.05, 3.63) is 80.7 Å². The van der Waals surface area contributed by atoms with Crippen molar-refractivity contribution in [3.63, 3.8) is 0 Å². The predicted octanol–water partition coefficient (Wildman–Crippen LogP) is 4.26. The van der Waals surface area contributed by atoms with E-state index in [4.69, 9.17) is 9.15 Å². The summed E-state index contributed by atoms with van der Waals surface area (Å²) in [7, 11) is 0. The number of benzene rings is 2. The molecule has 0 unspecified atom stereocenters. The molecule has 3 rings (SSSR count). The van der Waals surface area contributed by atoms with Crippen molar-refractivity contribution < 1.29 is 13.9 Å². The van der Waals surface area contributed by atoms with Gasteiger partial charge in [0.15, 0.2) is 0 Å². The lowest BCUT2D eigenvalue weighted by atomic mass is 10.0. The van der Waals surface area contributed by atoms with Gasteiger partial charge in [-0.15, -0.1) is 0 Å². The number of rotatable bonds is 5. The third-order valence-corrected chi connectivity index (χ3v) is 4.61. The molecule has 0 aliphatic heterocycles. The number of fused-ring (bicyclic) bond motifs is 1. The van der Waals surface area contributed by atoms with Crippen LogP contribution in [-0.2, 0) is 29.0 Å². The van der Waals surface area contributed by atoms with E-state index in [0.717, 1.165) is 28.5 Å². The van der Waals surface area contributed by atoms with E-state index in [0.29, 0.717) is 11.1 Å². The zero-order valence-electron chi connectivity index (χ0n) is 15.3. The van der Waals surface area contributed by atoms with Crippen molar-refractivity contribution in [2.45, 2.75) is 40.2 Å². The Morgan fingerprint density at radius 1 is 1.00 bits per heavy atom. The number of hydrogen-bond acceptors (Lipinski definition) is 4. The molecule has 4 nitrogen and oxygen atoms in total. The largest absolute Gasteiger partial charge is 0.461 e. The molecule has 0 radical (unpaired) electrons. The summed E-state index contributed by atoms with van der Waals surface area (Å²) in [6.07, 6.45) is 1.06. The lowest BCUT2D eigenvalue weighted by molar-refractivity contribution is -0.144. The Kier molecular flexibility index (Phi) is 5.21. The van der Waals surface area contributed by atoms with Crippen molar-refractivity contribution in [1.29, 1.82) is 0 Å². The van der Waals surface area contributed by atoms with Gasteiger partial charge in [0.25, 0.3) is 0 Å². The van der Waals surface area contributed by atoms with E-state index in [1.807, 2.05) is 57.2 Å². The van der Waals surface area contributed by atoms with Crippen LogP contribution in [0.2, 0.25) is 0 Å². The number of hydrogen-bond donors (Lipinski definition) is 0. The first-order chi connectivity index (χ1) is 12.5. The van der Waals surface area contributed by atoms with Crippen molar-refractivity contribution in [2.24, 2.45) is 0 Å². The van der Waals surface area contributed by atoms with E-state index in [1.165, 1.54) is 11.6 Å². The van der Waals surface area contributed by atoms with Crippen LogP contribution in [0.5, 0.6) is 0 Å². The third kappa shape index (κ3) is 4.02. The first-order valence-electron chi connectivity index (χ1n) is 8.73. The summed E-state index contributed by atoms with van der Waals surface area (Å²) in [4.78, 5) is 24.0. The maximum absolute atomic E-state index is 12.2. The summed E-state index contributed by atoms with van der Waals surface area (Å²) in [5.74, 6) is -0.320. The first-order valence-corrected chi connectivity index (χ1v) is 8.73. The summed E-state index contributed by atoms with van der Waals surface area (Å²) in [5.41, 5.74) is 5.09. The van der Waals surface area contributed by atoms with Crippen molar-refractivity contribution in [1.82, 2.24) is 0 Å². The monoisotopic (exact) mass is 350 g/mol. The van der Waals surface area contributed by atoms with E-state index >= 15 is 0 Å². The molecule has 1 aromatic heterocycles.